The molecule has 1 aromatic rings. The first-order valence-electron chi connectivity index (χ1n) is 5.40. The van der Waals surface area contributed by atoms with Gasteiger partial charge in [0.1, 0.15) is 17.0 Å². The summed E-state index contributed by atoms with van der Waals surface area (Å²) in [5, 5.41) is 17.8. The van der Waals surface area contributed by atoms with Crippen LogP contribution in [0.3, 0.4) is 0 Å². The second-order valence-corrected chi connectivity index (χ2v) is 6.05. The Morgan fingerprint density at radius 2 is 2.10 bits per heavy atom. The summed E-state index contributed by atoms with van der Waals surface area (Å²) in [7, 11) is -4.36. The van der Waals surface area contributed by atoms with E-state index in [2.05, 4.69) is 0 Å². The molecule has 0 aliphatic rings. The van der Waals surface area contributed by atoms with Gasteiger partial charge in [-0.3, -0.25) is 9.59 Å². The van der Waals surface area contributed by atoms with Gasteiger partial charge in [0.2, 0.25) is 15.9 Å². The maximum absolute atomic E-state index is 12.1. The highest BCUT2D eigenvalue weighted by molar-refractivity contribution is 7.89. The summed E-state index contributed by atoms with van der Waals surface area (Å²) in [5.74, 6) is -2.56. The fourth-order valence-corrected chi connectivity index (χ4v) is 3.05. The maximum atomic E-state index is 12.1. The first-order valence-corrected chi connectivity index (χ1v) is 7.26. The number of carbonyl (C=O) groups excluding carboxylic acids is 1. The van der Waals surface area contributed by atoms with Crippen LogP contribution >= 0.6 is 11.6 Å². The van der Waals surface area contributed by atoms with Crippen LogP contribution in [0.2, 0.25) is 5.02 Å². The highest BCUT2D eigenvalue weighted by Crippen LogP contribution is 2.20. The molecular formula is C11H10ClN3O5S. The summed E-state index contributed by atoms with van der Waals surface area (Å²) in [4.78, 5) is 21.2. The average Bonchev–Trinajstić information content (AvgIpc) is 2.37. The van der Waals surface area contributed by atoms with Gasteiger partial charge in [-0.15, -0.1) is 0 Å². The number of rotatable bonds is 6. The van der Waals surface area contributed by atoms with Crippen molar-refractivity contribution >= 4 is 33.5 Å². The van der Waals surface area contributed by atoms with Crippen molar-refractivity contribution in [2.75, 3.05) is 0 Å². The zero-order valence-corrected chi connectivity index (χ0v) is 12.0. The molecular weight excluding hydrogens is 322 g/mol. The molecule has 8 nitrogen and oxygen atoms in total. The van der Waals surface area contributed by atoms with Crippen LogP contribution < -0.4 is 10.5 Å². The molecule has 1 amide bonds. The fourth-order valence-electron chi connectivity index (χ4n) is 1.44. The fraction of sp³-hybridized carbons (Fsp3) is 0.182. The molecule has 4 N–H and O–H groups in total. The van der Waals surface area contributed by atoms with Gasteiger partial charge in [0, 0.05) is 5.02 Å². The van der Waals surface area contributed by atoms with Crippen molar-refractivity contribution < 1.29 is 23.1 Å². The summed E-state index contributed by atoms with van der Waals surface area (Å²) >= 11 is 5.67. The predicted molar refractivity (Wildman–Crippen MR) is 71.7 cm³/mol. The monoisotopic (exact) mass is 331 g/mol. The number of carbonyl (C=O) groups is 2. The Kier molecular flexibility index (Phi) is 5.26. The number of benzene rings is 1. The first-order chi connectivity index (χ1) is 9.67. The summed E-state index contributed by atoms with van der Waals surface area (Å²) in [5.41, 5.74) is 4.65. The van der Waals surface area contributed by atoms with Gasteiger partial charge in [0.25, 0.3) is 0 Å². The number of amides is 1. The molecule has 1 rings (SSSR count). The van der Waals surface area contributed by atoms with Crippen molar-refractivity contribution in [3.8, 4) is 6.07 Å². The lowest BCUT2D eigenvalue weighted by atomic mass is 10.2. The Labute approximate surface area is 125 Å². The molecule has 0 aliphatic heterocycles. The van der Waals surface area contributed by atoms with Crippen LogP contribution in [0.1, 0.15) is 12.0 Å². The number of primary amides is 1. The summed E-state index contributed by atoms with van der Waals surface area (Å²) < 4.78 is 26.1. The van der Waals surface area contributed by atoms with E-state index in [4.69, 9.17) is 27.7 Å². The molecule has 0 unspecified atom stereocenters. The van der Waals surface area contributed by atoms with Crippen LogP contribution in [-0.4, -0.2) is 31.4 Å². The molecule has 0 aliphatic carbocycles. The smallest absolute Gasteiger partial charge is 0.322 e. The van der Waals surface area contributed by atoms with Gasteiger partial charge >= 0.3 is 5.97 Å². The minimum absolute atomic E-state index is 0.0520. The third-order valence-electron chi connectivity index (χ3n) is 2.35. The lowest BCUT2D eigenvalue weighted by Crippen LogP contribution is -2.43. The normalized spacial score (nSPS) is 12.4. The van der Waals surface area contributed by atoms with Crippen molar-refractivity contribution in [1.29, 1.82) is 5.26 Å². The van der Waals surface area contributed by atoms with E-state index >= 15 is 0 Å². The molecule has 0 aromatic heterocycles. The van der Waals surface area contributed by atoms with E-state index in [1.807, 2.05) is 0 Å². The molecule has 0 bridgehead atoms. The Morgan fingerprint density at radius 1 is 1.48 bits per heavy atom. The SMILES string of the molecule is N#Cc1ccc(Cl)cc1S(=O)(=O)N[C@@H](CC(N)=O)C(=O)O. The lowest BCUT2D eigenvalue weighted by Gasteiger charge is -2.14. The molecule has 0 saturated carbocycles. The molecule has 21 heavy (non-hydrogen) atoms. The van der Waals surface area contributed by atoms with Gasteiger partial charge in [-0.05, 0) is 18.2 Å². The second kappa shape index (κ2) is 6.53. The van der Waals surface area contributed by atoms with E-state index in [0.29, 0.717) is 0 Å². The zero-order chi connectivity index (χ0) is 16.2. The topological polar surface area (TPSA) is 150 Å². The number of aliphatic carboxylic acids is 1. The Bertz CT molecular complexity index is 726. The van der Waals surface area contributed by atoms with E-state index in [1.165, 1.54) is 12.1 Å². The van der Waals surface area contributed by atoms with Crippen molar-refractivity contribution in [2.24, 2.45) is 5.73 Å². The van der Waals surface area contributed by atoms with Crippen molar-refractivity contribution in [2.45, 2.75) is 17.4 Å². The Hall–Kier alpha value is -2.15. The highest BCUT2D eigenvalue weighted by atomic mass is 35.5. The molecule has 10 heteroatoms. The molecule has 112 valence electrons. The third-order valence-corrected chi connectivity index (χ3v) is 4.10. The van der Waals surface area contributed by atoms with Crippen molar-refractivity contribution in [3.63, 3.8) is 0 Å². The van der Waals surface area contributed by atoms with Crippen LogP contribution in [0.15, 0.2) is 23.1 Å². The first kappa shape index (κ1) is 16.9. The number of nitrogens with zero attached hydrogens (tertiary/aromatic N) is 1. The molecule has 0 heterocycles. The van der Waals surface area contributed by atoms with Crippen molar-refractivity contribution in [3.05, 3.63) is 28.8 Å². The molecule has 0 saturated heterocycles. The maximum Gasteiger partial charge on any atom is 0.322 e. The number of hydrogen-bond acceptors (Lipinski definition) is 5. The van der Waals surface area contributed by atoms with Gasteiger partial charge in [-0.2, -0.15) is 9.98 Å². The predicted octanol–water partition coefficient (Wildman–Crippen LogP) is -0.181. The van der Waals surface area contributed by atoms with Crippen LogP contribution in [0, 0.1) is 11.3 Å². The Morgan fingerprint density at radius 3 is 2.57 bits per heavy atom. The number of nitriles is 1. The number of sulfonamides is 1. The van der Waals surface area contributed by atoms with E-state index < -0.39 is 39.3 Å². The largest absolute Gasteiger partial charge is 0.480 e. The van der Waals surface area contributed by atoms with Gasteiger partial charge in [-0.25, -0.2) is 8.42 Å². The lowest BCUT2D eigenvalue weighted by molar-refractivity contribution is -0.140. The van der Waals surface area contributed by atoms with Gasteiger partial charge in [0.05, 0.1) is 12.0 Å². The minimum Gasteiger partial charge on any atom is -0.480 e. The number of nitrogens with one attached hydrogen (secondary N) is 1. The molecule has 0 radical (unpaired) electrons. The highest BCUT2D eigenvalue weighted by Gasteiger charge is 2.28. The molecule has 0 fully saturated rings. The molecule has 0 spiro atoms. The molecule has 1 aromatic carbocycles. The van der Waals surface area contributed by atoms with E-state index in [-0.39, 0.29) is 10.6 Å². The third kappa shape index (κ3) is 4.42. The standard InChI is InChI=1S/C11H10ClN3O5S/c12-7-2-1-6(5-13)9(3-7)21(19,20)15-8(11(17)18)4-10(14)16/h1-3,8,15H,4H2,(H2,14,16)(H,17,18)/t8-/m0/s1. The van der Waals surface area contributed by atoms with Gasteiger partial charge in [0.15, 0.2) is 0 Å². The number of carboxylic acid groups (broad SMARTS) is 1. The van der Waals surface area contributed by atoms with E-state index in [0.717, 1.165) is 6.07 Å². The quantitative estimate of drug-likeness (QED) is 0.657. The number of hydrogen-bond donors (Lipinski definition) is 3. The summed E-state index contributed by atoms with van der Waals surface area (Å²) in [6, 6.07) is 3.42. The van der Waals surface area contributed by atoms with Crippen molar-refractivity contribution in [1.82, 2.24) is 4.72 Å². The Balaban J connectivity index is 3.22. The summed E-state index contributed by atoms with van der Waals surface area (Å²) in [6.45, 7) is 0. The number of carboxylic acids is 1. The van der Waals surface area contributed by atoms with E-state index in [9.17, 15) is 18.0 Å². The summed E-state index contributed by atoms with van der Waals surface area (Å²) in [6.07, 6.45) is -0.725. The van der Waals surface area contributed by atoms with Gasteiger partial charge < -0.3 is 10.8 Å². The zero-order valence-electron chi connectivity index (χ0n) is 10.4. The van der Waals surface area contributed by atoms with Crippen LogP contribution in [0.5, 0.6) is 0 Å². The second-order valence-electron chi connectivity index (χ2n) is 3.93. The van der Waals surface area contributed by atoms with Crippen LogP contribution in [0.4, 0.5) is 0 Å². The number of halogens is 1. The molecule has 1 atom stereocenters. The van der Waals surface area contributed by atoms with E-state index in [1.54, 1.807) is 10.8 Å². The average molecular weight is 332 g/mol. The van der Waals surface area contributed by atoms with Gasteiger partial charge in [-0.1, -0.05) is 11.6 Å². The number of nitrogens with two attached hydrogens (primary N) is 1. The minimum atomic E-state index is -4.36. The van der Waals surface area contributed by atoms with Crippen LogP contribution in [-0.2, 0) is 19.6 Å². The van der Waals surface area contributed by atoms with Crippen LogP contribution in [0.25, 0.3) is 0 Å².